The smallest absolute Gasteiger partial charge is 0.129 e. The van der Waals surface area contributed by atoms with Crippen LogP contribution in [0.5, 0.6) is 5.75 Å². The molecule has 0 N–H and O–H groups in total. The van der Waals surface area contributed by atoms with Crippen molar-refractivity contribution in [2.45, 2.75) is 77.6 Å². The Morgan fingerprint density at radius 1 is 1.12 bits per heavy atom. The van der Waals surface area contributed by atoms with Crippen LogP contribution in [0.2, 0.25) is 0 Å². The molecule has 2 bridgehead atoms. The van der Waals surface area contributed by atoms with E-state index in [2.05, 4.69) is 6.92 Å². The number of rotatable bonds is 5. The van der Waals surface area contributed by atoms with E-state index in [0.29, 0.717) is 11.3 Å². The van der Waals surface area contributed by atoms with E-state index in [9.17, 15) is 4.39 Å². The van der Waals surface area contributed by atoms with Crippen LogP contribution < -0.4 is 4.74 Å². The van der Waals surface area contributed by atoms with Gasteiger partial charge in [0.05, 0.1) is 6.61 Å². The van der Waals surface area contributed by atoms with Crippen molar-refractivity contribution in [3.63, 3.8) is 0 Å². The number of benzene rings is 1. The quantitative estimate of drug-likeness (QED) is 0.608. The maximum atomic E-state index is 14.1. The third kappa shape index (κ3) is 3.21. The number of hydrogen-bond acceptors (Lipinski definition) is 1. The Kier molecular flexibility index (Phi) is 4.34. The summed E-state index contributed by atoms with van der Waals surface area (Å²) in [5.41, 5.74) is 2.31. The molecule has 24 heavy (non-hydrogen) atoms. The fourth-order valence-electron chi connectivity index (χ4n) is 5.34. The lowest BCUT2D eigenvalue weighted by Gasteiger charge is -2.47. The fourth-order valence-corrected chi connectivity index (χ4v) is 5.34. The lowest BCUT2D eigenvalue weighted by atomic mass is 9.60. The molecular weight excluding hydrogens is 299 g/mol. The molecular formula is C22H31FO. The summed E-state index contributed by atoms with van der Waals surface area (Å²) in [6.07, 6.45) is 11.9. The Balaban J connectivity index is 1.52. The molecule has 0 aromatic heterocycles. The Labute approximate surface area is 146 Å². The molecule has 0 saturated heterocycles. The SMILES string of the molecule is CCC1(COc2cc(F)c(C)cc2C2CC2)CC2CCCC(C2)C1. The average Bonchev–Trinajstić information content (AvgIpc) is 3.40. The zero-order valence-electron chi connectivity index (χ0n) is 15.2. The van der Waals surface area contributed by atoms with Crippen molar-refractivity contribution >= 4 is 0 Å². The van der Waals surface area contributed by atoms with Crippen molar-refractivity contribution in [1.82, 2.24) is 0 Å². The molecule has 0 spiro atoms. The highest BCUT2D eigenvalue weighted by Gasteiger charge is 2.42. The van der Waals surface area contributed by atoms with E-state index < -0.39 is 0 Å². The summed E-state index contributed by atoms with van der Waals surface area (Å²) in [6, 6.07) is 3.67. The molecule has 0 amide bonds. The summed E-state index contributed by atoms with van der Waals surface area (Å²) >= 11 is 0. The van der Waals surface area contributed by atoms with Crippen LogP contribution in [-0.4, -0.2) is 6.61 Å². The van der Waals surface area contributed by atoms with Crippen LogP contribution in [-0.2, 0) is 0 Å². The first-order chi connectivity index (χ1) is 11.6. The van der Waals surface area contributed by atoms with Crippen LogP contribution in [0.25, 0.3) is 0 Å². The maximum Gasteiger partial charge on any atom is 0.129 e. The van der Waals surface area contributed by atoms with E-state index in [1.165, 1.54) is 63.4 Å². The molecule has 0 heterocycles. The standard InChI is InChI=1S/C22H31FO/c1-3-22(12-16-5-4-6-17(10-16)13-22)14-24-21-11-20(23)15(2)9-19(21)18-7-8-18/h9,11,16-18H,3-8,10,12-14H2,1-2H3. The van der Waals surface area contributed by atoms with Gasteiger partial charge >= 0.3 is 0 Å². The molecule has 2 unspecified atom stereocenters. The van der Waals surface area contributed by atoms with Crippen LogP contribution in [0.3, 0.4) is 0 Å². The van der Waals surface area contributed by atoms with Crippen molar-refractivity contribution in [3.05, 3.63) is 29.1 Å². The Morgan fingerprint density at radius 3 is 2.46 bits per heavy atom. The zero-order valence-corrected chi connectivity index (χ0v) is 15.2. The van der Waals surface area contributed by atoms with Gasteiger partial charge in [-0.05, 0) is 80.4 Å². The van der Waals surface area contributed by atoms with Gasteiger partial charge in [-0.25, -0.2) is 4.39 Å². The van der Waals surface area contributed by atoms with Gasteiger partial charge in [0, 0.05) is 11.5 Å². The van der Waals surface area contributed by atoms with E-state index in [4.69, 9.17) is 4.74 Å². The van der Waals surface area contributed by atoms with Gasteiger partial charge in [-0.3, -0.25) is 0 Å². The largest absolute Gasteiger partial charge is 0.493 e. The number of hydrogen-bond donors (Lipinski definition) is 0. The van der Waals surface area contributed by atoms with Crippen molar-refractivity contribution in [3.8, 4) is 5.75 Å². The fraction of sp³-hybridized carbons (Fsp3) is 0.727. The predicted octanol–water partition coefficient (Wildman–Crippen LogP) is 6.39. The van der Waals surface area contributed by atoms with Crippen molar-refractivity contribution in [2.24, 2.45) is 17.3 Å². The van der Waals surface area contributed by atoms with Crippen molar-refractivity contribution in [2.75, 3.05) is 6.61 Å². The van der Waals surface area contributed by atoms with E-state index in [1.54, 1.807) is 6.07 Å². The molecule has 0 aliphatic heterocycles. The summed E-state index contributed by atoms with van der Waals surface area (Å²) in [7, 11) is 0. The molecule has 3 aliphatic carbocycles. The molecule has 3 saturated carbocycles. The minimum absolute atomic E-state index is 0.125. The second-order valence-electron chi connectivity index (χ2n) is 8.86. The maximum absolute atomic E-state index is 14.1. The molecule has 3 aliphatic rings. The molecule has 1 aromatic carbocycles. The van der Waals surface area contributed by atoms with E-state index >= 15 is 0 Å². The molecule has 2 atom stereocenters. The van der Waals surface area contributed by atoms with Gasteiger partial charge in [-0.15, -0.1) is 0 Å². The second-order valence-corrected chi connectivity index (χ2v) is 8.86. The normalized spacial score (nSPS) is 32.6. The number of fused-ring (bicyclic) bond motifs is 2. The van der Waals surface area contributed by atoms with Gasteiger partial charge in [0.25, 0.3) is 0 Å². The average molecular weight is 330 g/mol. The molecule has 4 rings (SSSR count). The summed E-state index contributed by atoms with van der Waals surface area (Å²) in [5.74, 6) is 3.10. The predicted molar refractivity (Wildman–Crippen MR) is 96.0 cm³/mol. The summed E-state index contributed by atoms with van der Waals surface area (Å²) < 4.78 is 20.4. The van der Waals surface area contributed by atoms with Gasteiger partial charge in [-0.1, -0.05) is 26.2 Å². The molecule has 0 radical (unpaired) electrons. The van der Waals surface area contributed by atoms with Gasteiger partial charge in [0.15, 0.2) is 0 Å². The Hall–Kier alpha value is -1.05. The van der Waals surface area contributed by atoms with Crippen LogP contribution in [0.1, 0.15) is 81.8 Å². The molecule has 1 aromatic rings. The monoisotopic (exact) mass is 330 g/mol. The molecule has 3 fully saturated rings. The van der Waals surface area contributed by atoms with E-state index in [1.807, 2.05) is 13.0 Å². The highest BCUT2D eigenvalue weighted by Crippen LogP contribution is 2.51. The van der Waals surface area contributed by atoms with Gasteiger partial charge < -0.3 is 4.74 Å². The van der Waals surface area contributed by atoms with Crippen molar-refractivity contribution in [1.29, 1.82) is 0 Å². The number of ether oxygens (including phenoxy) is 1. The van der Waals surface area contributed by atoms with Crippen LogP contribution in [0.15, 0.2) is 12.1 Å². The minimum Gasteiger partial charge on any atom is -0.493 e. The highest BCUT2D eigenvalue weighted by molar-refractivity contribution is 5.42. The summed E-state index contributed by atoms with van der Waals surface area (Å²) in [4.78, 5) is 0. The number of aryl methyl sites for hydroxylation is 1. The summed E-state index contributed by atoms with van der Waals surface area (Å²) in [6.45, 7) is 4.96. The Morgan fingerprint density at radius 2 is 1.83 bits per heavy atom. The number of halogens is 1. The highest BCUT2D eigenvalue weighted by atomic mass is 19.1. The second kappa shape index (κ2) is 6.35. The lowest BCUT2D eigenvalue weighted by molar-refractivity contribution is 0.0127. The third-order valence-corrected chi connectivity index (χ3v) is 6.93. The van der Waals surface area contributed by atoms with Crippen LogP contribution >= 0.6 is 0 Å². The van der Waals surface area contributed by atoms with Gasteiger partial charge in [-0.2, -0.15) is 0 Å². The molecule has 2 heteroatoms. The van der Waals surface area contributed by atoms with Gasteiger partial charge in [0.1, 0.15) is 11.6 Å². The van der Waals surface area contributed by atoms with Gasteiger partial charge in [0.2, 0.25) is 0 Å². The summed E-state index contributed by atoms with van der Waals surface area (Å²) in [5, 5.41) is 0. The topological polar surface area (TPSA) is 9.23 Å². The Bertz CT molecular complexity index is 592. The van der Waals surface area contributed by atoms with E-state index in [-0.39, 0.29) is 5.82 Å². The first-order valence-electron chi connectivity index (χ1n) is 10.0. The zero-order chi connectivity index (χ0) is 16.7. The molecule has 1 nitrogen and oxygen atoms in total. The lowest BCUT2D eigenvalue weighted by Crippen LogP contribution is -2.39. The minimum atomic E-state index is -0.125. The first kappa shape index (κ1) is 16.4. The molecule has 132 valence electrons. The van der Waals surface area contributed by atoms with Crippen LogP contribution in [0, 0.1) is 30.0 Å². The first-order valence-corrected chi connectivity index (χ1v) is 10.0. The van der Waals surface area contributed by atoms with Crippen molar-refractivity contribution < 1.29 is 9.13 Å². The third-order valence-electron chi connectivity index (χ3n) is 6.93. The van der Waals surface area contributed by atoms with Crippen LogP contribution in [0.4, 0.5) is 4.39 Å². The van der Waals surface area contributed by atoms with E-state index in [0.717, 1.165) is 29.8 Å².